The van der Waals surface area contributed by atoms with Crippen molar-refractivity contribution in [3.8, 4) is 0 Å². The molecule has 0 amide bonds. The van der Waals surface area contributed by atoms with E-state index in [4.69, 9.17) is 0 Å². The quantitative estimate of drug-likeness (QED) is 0.763. The highest BCUT2D eigenvalue weighted by Gasteiger charge is 2.27. The maximum Gasteiger partial charge on any atom is 0.389 e. The number of nitrogens with one attached hydrogen (secondary N) is 1. The summed E-state index contributed by atoms with van der Waals surface area (Å²) >= 11 is 0. The molecule has 5 heteroatoms. The minimum Gasteiger partial charge on any atom is -0.317 e. The van der Waals surface area contributed by atoms with Gasteiger partial charge >= 0.3 is 6.18 Å². The van der Waals surface area contributed by atoms with Crippen LogP contribution < -0.4 is 5.32 Å². The van der Waals surface area contributed by atoms with E-state index in [1.54, 1.807) is 0 Å². The molecular weight excluding hydrogens is 217 g/mol. The van der Waals surface area contributed by atoms with Crippen molar-refractivity contribution in [1.82, 2.24) is 10.2 Å². The summed E-state index contributed by atoms with van der Waals surface area (Å²) in [7, 11) is 0. The predicted octanol–water partition coefficient (Wildman–Crippen LogP) is 2.26. The smallest absolute Gasteiger partial charge is 0.317 e. The SMILES string of the molecule is CCNCC1CCN(CCCC(F)(F)F)C1. The number of rotatable bonds is 6. The van der Waals surface area contributed by atoms with Crippen molar-refractivity contribution >= 4 is 0 Å². The summed E-state index contributed by atoms with van der Waals surface area (Å²) in [5, 5.41) is 3.28. The second-order valence-electron chi connectivity index (χ2n) is 4.48. The fourth-order valence-corrected chi connectivity index (χ4v) is 2.13. The molecule has 96 valence electrons. The van der Waals surface area contributed by atoms with Crippen LogP contribution in [0.3, 0.4) is 0 Å². The highest BCUT2D eigenvalue weighted by Crippen LogP contribution is 2.22. The average Bonchev–Trinajstić information content (AvgIpc) is 2.61. The lowest BCUT2D eigenvalue weighted by Gasteiger charge is -2.16. The summed E-state index contributed by atoms with van der Waals surface area (Å²) in [4.78, 5) is 2.15. The van der Waals surface area contributed by atoms with Crippen LogP contribution in [0.15, 0.2) is 0 Å². The molecule has 1 aliphatic rings. The van der Waals surface area contributed by atoms with Crippen LogP contribution in [0, 0.1) is 5.92 Å². The lowest BCUT2D eigenvalue weighted by molar-refractivity contribution is -0.136. The molecule has 16 heavy (non-hydrogen) atoms. The van der Waals surface area contributed by atoms with Crippen molar-refractivity contribution in [2.75, 3.05) is 32.7 Å². The first-order valence-corrected chi connectivity index (χ1v) is 6.01. The molecular formula is C11H21F3N2. The van der Waals surface area contributed by atoms with Crippen LogP contribution in [0.1, 0.15) is 26.2 Å². The molecule has 0 aliphatic carbocycles. The van der Waals surface area contributed by atoms with E-state index in [1.807, 2.05) is 0 Å². The molecule has 0 saturated carbocycles. The predicted molar refractivity (Wildman–Crippen MR) is 58.4 cm³/mol. The van der Waals surface area contributed by atoms with E-state index < -0.39 is 12.6 Å². The summed E-state index contributed by atoms with van der Waals surface area (Å²) in [6.45, 7) is 6.51. The fourth-order valence-electron chi connectivity index (χ4n) is 2.13. The molecule has 1 unspecified atom stereocenters. The molecule has 2 nitrogen and oxygen atoms in total. The molecule has 1 heterocycles. The number of likely N-dealkylation sites (tertiary alicyclic amines) is 1. The van der Waals surface area contributed by atoms with Gasteiger partial charge in [-0.2, -0.15) is 13.2 Å². The Kier molecular flexibility index (Phi) is 5.55. The summed E-state index contributed by atoms with van der Waals surface area (Å²) < 4.78 is 35.8. The van der Waals surface area contributed by atoms with Gasteiger partial charge in [-0.25, -0.2) is 0 Å². The molecule has 0 aromatic carbocycles. The third-order valence-electron chi connectivity index (χ3n) is 2.99. The first-order chi connectivity index (χ1) is 7.51. The Bertz CT molecular complexity index is 194. The van der Waals surface area contributed by atoms with E-state index >= 15 is 0 Å². The molecule has 1 saturated heterocycles. The van der Waals surface area contributed by atoms with E-state index in [0.717, 1.165) is 32.6 Å². The molecule has 0 aromatic rings. The van der Waals surface area contributed by atoms with Gasteiger partial charge in [-0.1, -0.05) is 6.92 Å². The van der Waals surface area contributed by atoms with Crippen molar-refractivity contribution in [2.24, 2.45) is 5.92 Å². The van der Waals surface area contributed by atoms with Crippen molar-refractivity contribution in [2.45, 2.75) is 32.4 Å². The van der Waals surface area contributed by atoms with Crippen LogP contribution in [0.4, 0.5) is 13.2 Å². The van der Waals surface area contributed by atoms with Crippen LogP contribution in [-0.2, 0) is 0 Å². The summed E-state index contributed by atoms with van der Waals surface area (Å²) in [6, 6.07) is 0. The van der Waals surface area contributed by atoms with E-state index in [2.05, 4.69) is 17.1 Å². The fraction of sp³-hybridized carbons (Fsp3) is 1.00. The molecule has 0 spiro atoms. The zero-order valence-electron chi connectivity index (χ0n) is 9.82. The van der Waals surface area contributed by atoms with Gasteiger partial charge in [0.25, 0.3) is 0 Å². The summed E-state index contributed by atoms with van der Waals surface area (Å²) in [5.41, 5.74) is 0. The van der Waals surface area contributed by atoms with Crippen LogP contribution in [0.25, 0.3) is 0 Å². The van der Waals surface area contributed by atoms with Crippen LogP contribution in [0.2, 0.25) is 0 Å². The number of hydrogen-bond donors (Lipinski definition) is 1. The average molecular weight is 238 g/mol. The summed E-state index contributed by atoms with van der Waals surface area (Å²) in [5.74, 6) is 0.617. The molecule has 1 atom stereocenters. The Morgan fingerprint density at radius 2 is 2.12 bits per heavy atom. The minimum absolute atomic E-state index is 0.234. The van der Waals surface area contributed by atoms with Crippen LogP contribution >= 0.6 is 0 Å². The van der Waals surface area contributed by atoms with Crippen molar-refractivity contribution in [3.05, 3.63) is 0 Å². The van der Waals surface area contributed by atoms with Gasteiger partial charge in [0, 0.05) is 13.0 Å². The van der Waals surface area contributed by atoms with Gasteiger partial charge in [0.1, 0.15) is 0 Å². The Morgan fingerprint density at radius 3 is 2.75 bits per heavy atom. The molecule has 0 aromatic heterocycles. The van der Waals surface area contributed by atoms with E-state index in [0.29, 0.717) is 12.5 Å². The van der Waals surface area contributed by atoms with Gasteiger partial charge in [-0.05, 0) is 44.9 Å². The number of halogens is 3. The summed E-state index contributed by atoms with van der Waals surface area (Å²) in [6.07, 6.45) is -3.30. The van der Waals surface area contributed by atoms with Gasteiger partial charge in [0.05, 0.1) is 0 Å². The third-order valence-corrected chi connectivity index (χ3v) is 2.99. The second kappa shape index (κ2) is 6.45. The molecule has 1 N–H and O–H groups in total. The van der Waals surface area contributed by atoms with E-state index in [9.17, 15) is 13.2 Å². The Hall–Kier alpha value is -0.290. The van der Waals surface area contributed by atoms with Crippen LogP contribution in [-0.4, -0.2) is 43.8 Å². The number of hydrogen-bond acceptors (Lipinski definition) is 2. The van der Waals surface area contributed by atoms with Crippen molar-refractivity contribution in [3.63, 3.8) is 0 Å². The maximum absolute atomic E-state index is 11.9. The first-order valence-electron chi connectivity index (χ1n) is 6.01. The largest absolute Gasteiger partial charge is 0.389 e. The van der Waals surface area contributed by atoms with Crippen molar-refractivity contribution in [1.29, 1.82) is 0 Å². The first kappa shape index (κ1) is 13.8. The Balaban J connectivity index is 2.07. The van der Waals surface area contributed by atoms with Gasteiger partial charge in [-0.15, -0.1) is 0 Å². The zero-order chi connectivity index (χ0) is 12.0. The highest BCUT2D eigenvalue weighted by molar-refractivity contribution is 4.77. The Labute approximate surface area is 95.2 Å². The zero-order valence-corrected chi connectivity index (χ0v) is 9.82. The van der Waals surface area contributed by atoms with Gasteiger partial charge in [0.2, 0.25) is 0 Å². The molecule has 1 fully saturated rings. The van der Waals surface area contributed by atoms with Gasteiger partial charge < -0.3 is 10.2 Å². The lowest BCUT2D eigenvalue weighted by Crippen LogP contribution is -2.27. The minimum atomic E-state index is -4.00. The molecule has 1 rings (SSSR count). The highest BCUT2D eigenvalue weighted by atomic mass is 19.4. The maximum atomic E-state index is 11.9. The monoisotopic (exact) mass is 238 g/mol. The van der Waals surface area contributed by atoms with E-state index in [1.165, 1.54) is 0 Å². The normalized spacial score (nSPS) is 22.9. The molecule has 0 radical (unpaired) electrons. The number of nitrogens with zero attached hydrogens (tertiary/aromatic N) is 1. The number of alkyl halides is 3. The Morgan fingerprint density at radius 1 is 1.38 bits per heavy atom. The topological polar surface area (TPSA) is 15.3 Å². The third kappa shape index (κ3) is 5.70. The lowest BCUT2D eigenvalue weighted by atomic mass is 10.1. The second-order valence-corrected chi connectivity index (χ2v) is 4.48. The van der Waals surface area contributed by atoms with Crippen molar-refractivity contribution < 1.29 is 13.2 Å². The molecule has 1 aliphatic heterocycles. The van der Waals surface area contributed by atoms with E-state index in [-0.39, 0.29) is 6.42 Å². The molecule has 0 bridgehead atoms. The van der Waals surface area contributed by atoms with Crippen LogP contribution in [0.5, 0.6) is 0 Å². The van der Waals surface area contributed by atoms with Gasteiger partial charge in [-0.3, -0.25) is 0 Å². The standard InChI is InChI=1S/C11H21F3N2/c1-2-15-8-10-4-7-16(9-10)6-3-5-11(12,13)14/h10,15H,2-9H2,1H3. The van der Waals surface area contributed by atoms with Gasteiger partial charge in [0.15, 0.2) is 0 Å².